The maximum absolute atomic E-state index is 13.9. The van der Waals surface area contributed by atoms with E-state index in [0.717, 1.165) is 39.0 Å². The zero-order valence-electron chi connectivity index (χ0n) is 19.4. The number of rotatable bonds is 7. The van der Waals surface area contributed by atoms with Crippen molar-refractivity contribution in [2.75, 3.05) is 6.54 Å². The number of benzene rings is 2. The molecule has 0 aliphatic heterocycles. The second-order valence-electron chi connectivity index (χ2n) is 8.39. The fourth-order valence-electron chi connectivity index (χ4n) is 4.41. The number of aryl methyl sites for hydroxylation is 1. The van der Waals surface area contributed by atoms with Crippen LogP contribution in [0.4, 0.5) is 8.78 Å². The molecule has 3 heterocycles. The Morgan fingerprint density at radius 2 is 1.47 bits per heavy atom. The molecule has 2 aromatic carbocycles. The first-order valence-electron chi connectivity index (χ1n) is 11.3. The van der Waals surface area contributed by atoms with Gasteiger partial charge in [0.2, 0.25) is 0 Å². The van der Waals surface area contributed by atoms with E-state index in [4.69, 9.17) is 10.1 Å². The first-order valence-corrected chi connectivity index (χ1v) is 11.3. The summed E-state index contributed by atoms with van der Waals surface area (Å²) in [5, 5.41) is 11.9. The van der Waals surface area contributed by atoms with Crippen LogP contribution in [0.25, 0.3) is 44.5 Å². The van der Waals surface area contributed by atoms with Crippen LogP contribution in [0, 0.1) is 11.6 Å². The Kier molecular flexibility index (Phi) is 6.26. The van der Waals surface area contributed by atoms with Gasteiger partial charge < -0.3 is 15.0 Å². The molecule has 8 heteroatoms. The smallest absolute Gasteiger partial charge is 0.317 e. The quantitative estimate of drug-likeness (QED) is 0.322. The number of fused-ring (bicyclic) bond motifs is 1. The van der Waals surface area contributed by atoms with Gasteiger partial charge in [0.15, 0.2) is 0 Å². The van der Waals surface area contributed by atoms with E-state index in [1.807, 2.05) is 29.8 Å². The Bertz CT molecular complexity index is 1550. The first kappa shape index (κ1) is 23.3. The predicted molar refractivity (Wildman–Crippen MR) is 134 cm³/mol. The maximum atomic E-state index is 13.9. The largest absolute Gasteiger partial charge is 0.480 e. The minimum absolute atomic E-state index is 0.178. The summed E-state index contributed by atoms with van der Waals surface area (Å²) in [7, 11) is 1.89. The molecule has 5 rings (SSSR count). The Hall–Kier alpha value is -4.43. The van der Waals surface area contributed by atoms with Gasteiger partial charge in [0.1, 0.15) is 11.6 Å². The van der Waals surface area contributed by atoms with Gasteiger partial charge in [-0.3, -0.25) is 9.78 Å². The summed E-state index contributed by atoms with van der Waals surface area (Å²) in [5.74, 6) is -1.65. The SMILES string of the molecule is Cn1c(CNCC(=O)O)cc2nc(-c3ccc(F)cc3)c(-c3ccncc3)c(-c3ccc(F)cc3)c21. The van der Waals surface area contributed by atoms with Crippen molar-refractivity contribution in [2.45, 2.75) is 6.54 Å². The van der Waals surface area contributed by atoms with E-state index in [2.05, 4.69) is 10.3 Å². The highest BCUT2D eigenvalue weighted by Crippen LogP contribution is 2.43. The van der Waals surface area contributed by atoms with Crippen molar-refractivity contribution >= 4 is 17.0 Å². The van der Waals surface area contributed by atoms with Crippen LogP contribution in [0.15, 0.2) is 79.1 Å². The minimum atomic E-state index is -0.947. The van der Waals surface area contributed by atoms with Crippen molar-refractivity contribution in [3.05, 3.63) is 96.5 Å². The lowest BCUT2D eigenvalue weighted by molar-refractivity contribution is -0.136. The molecule has 0 unspecified atom stereocenters. The maximum Gasteiger partial charge on any atom is 0.317 e. The molecule has 5 aromatic rings. The number of nitrogens with zero attached hydrogens (tertiary/aromatic N) is 3. The van der Waals surface area contributed by atoms with Crippen LogP contribution < -0.4 is 5.32 Å². The highest BCUT2D eigenvalue weighted by molar-refractivity contribution is 6.06. The molecule has 36 heavy (non-hydrogen) atoms. The molecule has 0 amide bonds. The highest BCUT2D eigenvalue weighted by atomic mass is 19.1. The number of carbonyl (C=O) groups is 1. The van der Waals surface area contributed by atoms with E-state index in [9.17, 15) is 13.6 Å². The van der Waals surface area contributed by atoms with Gasteiger partial charge >= 0.3 is 5.97 Å². The number of hydrogen-bond donors (Lipinski definition) is 2. The van der Waals surface area contributed by atoms with Gasteiger partial charge in [-0.05, 0) is 65.7 Å². The molecule has 180 valence electrons. The Labute approximate surface area is 205 Å². The van der Waals surface area contributed by atoms with Crippen LogP contribution in [0.2, 0.25) is 0 Å². The fourth-order valence-corrected chi connectivity index (χ4v) is 4.41. The number of halogens is 2. The van der Waals surface area contributed by atoms with Crippen LogP contribution >= 0.6 is 0 Å². The summed E-state index contributed by atoms with van der Waals surface area (Å²) >= 11 is 0. The third-order valence-corrected chi connectivity index (χ3v) is 6.07. The lowest BCUT2D eigenvalue weighted by Crippen LogP contribution is -2.22. The molecular weight excluding hydrogens is 462 g/mol. The van der Waals surface area contributed by atoms with Crippen LogP contribution in [-0.2, 0) is 18.4 Å². The second kappa shape index (κ2) is 9.67. The summed E-state index contributed by atoms with van der Waals surface area (Å²) in [6, 6.07) is 18.1. The van der Waals surface area contributed by atoms with Crippen molar-refractivity contribution in [3.8, 4) is 33.5 Å². The normalized spacial score (nSPS) is 11.2. The third-order valence-electron chi connectivity index (χ3n) is 6.07. The average molecular weight is 485 g/mol. The van der Waals surface area contributed by atoms with Crippen molar-refractivity contribution in [1.82, 2.24) is 19.9 Å². The Morgan fingerprint density at radius 1 is 0.889 bits per heavy atom. The van der Waals surface area contributed by atoms with Gasteiger partial charge in [0, 0.05) is 48.4 Å². The van der Waals surface area contributed by atoms with E-state index < -0.39 is 5.97 Å². The first-order chi connectivity index (χ1) is 17.4. The molecule has 3 aromatic heterocycles. The van der Waals surface area contributed by atoms with Gasteiger partial charge in [-0.25, -0.2) is 13.8 Å². The molecule has 0 fully saturated rings. The van der Waals surface area contributed by atoms with E-state index >= 15 is 0 Å². The molecule has 6 nitrogen and oxygen atoms in total. The summed E-state index contributed by atoms with van der Waals surface area (Å²) in [6.07, 6.45) is 3.38. The molecule has 0 spiro atoms. The van der Waals surface area contributed by atoms with Gasteiger partial charge in [-0.2, -0.15) is 0 Å². The molecular formula is C28H22F2N4O2. The van der Waals surface area contributed by atoms with Gasteiger partial charge in [0.25, 0.3) is 0 Å². The lowest BCUT2D eigenvalue weighted by atomic mass is 9.90. The van der Waals surface area contributed by atoms with Gasteiger partial charge in [0.05, 0.1) is 23.3 Å². The molecule has 2 N–H and O–H groups in total. The Morgan fingerprint density at radius 3 is 2.08 bits per heavy atom. The summed E-state index contributed by atoms with van der Waals surface area (Å²) < 4.78 is 29.6. The standard InChI is InChI=1S/C28H22F2N4O2/c1-34-22(15-32-16-24(35)36)14-23-28(34)26(17-2-6-20(29)7-3-17)25(18-10-12-31-13-11-18)27(33-23)19-4-8-21(30)9-5-19/h2-14,32H,15-16H2,1H3,(H,35,36). The van der Waals surface area contributed by atoms with Crippen LogP contribution in [0.1, 0.15) is 5.69 Å². The second-order valence-corrected chi connectivity index (χ2v) is 8.39. The minimum Gasteiger partial charge on any atom is -0.480 e. The predicted octanol–water partition coefficient (Wildman–Crippen LogP) is 5.42. The van der Waals surface area contributed by atoms with Gasteiger partial charge in [-0.15, -0.1) is 0 Å². The molecule has 0 bridgehead atoms. The molecule has 0 aliphatic rings. The Balaban J connectivity index is 1.85. The van der Waals surface area contributed by atoms with Crippen LogP contribution in [-0.4, -0.2) is 32.2 Å². The van der Waals surface area contributed by atoms with Gasteiger partial charge in [-0.1, -0.05) is 12.1 Å². The molecule has 0 radical (unpaired) electrons. The van der Waals surface area contributed by atoms with Crippen molar-refractivity contribution in [1.29, 1.82) is 0 Å². The molecule has 0 atom stereocenters. The van der Waals surface area contributed by atoms with Crippen LogP contribution in [0.3, 0.4) is 0 Å². The number of carboxylic acid groups (broad SMARTS) is 1. The molecule has 0 aliphatic carbocycles. The fraction of sp³-hybridized carbons (Fsp3) is 0.107. The van der Waals surface area contributed by atoms with E-state index in [0.29, 0.717) is 17.8 Å². The van der Waals surface area contributed by atoms with Crippen molar-refractivity contribution in [3.63, 3.8) is 0 Å². The topological polar surface area (TPSA) is 80.0 Å². The number of carboxylic acids is 1. The van der Waals surface area contributed by atoms with E-state index in [1.165, 1.54) is 24.3 Å². The number of aliphatic carboxylic acids is 1. The average Bonchev–Trinajstić information content (AvgIpc) is 3.19. The lowest BCUT2D eigenvalue weighted by Gasteiger charge is -2.18. The zero-order valence-corrected chi connectivity index (χ0v) is 19.4. The number of pyridine rings is 2. The summed E-state index contributed by atoms with van der Waals surface area (Å²) in [4.78, 5) is 20.1. The molecule has 0 saturated carbocycles. The van der Waals surface area contributed by atoms with Crippen molar-refractivity contribution in [2.24, 2.45) is 7.05 Å². The number of hydrogen-bond acceptors (Lipinski definition) is 4. The number of nitrogens with one attached hydrogen (secondary N) is 1. The van der Waals surface area contributed by atoms with E-state index in [1.54, 1.807) is 36.7 Å². The monoisotopic (exact) mass is 484 g/mol. The summed E-state index contributed by atoms with van der Waals surface area (Å²) in [6.45, 7) is 0.140. The summed E-state index contributed by atoms with van der Waals surface area (Å²) in [5.41, 5.74) is 6.96. The zero-order chi connectivity index (χ0) is 25.2. The van der Waals surface area contributed by atoms with Crippen molar-refractivity contribution < 1.29 is 18.7 Å². The third kappa shape index (κ3) is 4.46. The van der Waals surface area contributed by atoms with E-state index in [-0.39, 0.29) is 18.2 Å². The molecule has 0 saturated heterocycles. The highest BCUT2D eigenvalue weighted by Gasteiger charge is 2.23. The number of aromatic nitrogens is 3. The van der Waals surface area contributed by atoms with Crippen LogP contribution in [0.5, 0.6) is 0 Å².